The van der Waals surface area contributed by atoms with Gasteiger partial charge in [-0.05, 0) is 17.7 Å². The Morgan fingerprint density at radius 3 is 2.35 bits per heavy atom. The highest BCUT2D eigenvalue weighted by Gasteiger charge is 2.17. The van der Waals surface area contributed by atoms with Crippen LogP contribution in [-0.4, -0.2) is 31.4 Å². The smallest absolute Gasteiger partial charge is 0.211 e. The zero-order valence-corrected chi connectivity index (χ0v) is 10.2. The number of rotatable bonds is 5. The summed E-state index contributed by atoms with van der Waals surface area (Å²) in [6.45, 7) is -0.102. The van der Waals surface area contributed by atoms with Crippen molar-refractivity contribution in [1.82, 2.24) is 4.31 Å². The molecule has 0 atom stereocenters. The maximum atomic E-state index is 12.7. The van der Waals surface area contributed by atoms with E-state index in [4.69, 9.17) is 11.1 Å². The summed E-state index contributed by atoms with van der Waals surface area (Å²) >= 11 is 0. The second kappa shape index (κ2) is 5.24. The molecule has 0 unspecified atom stereocenters. The van der Waals surface area contributed by atoms with Crippen molar-refractivity contribution >= 4 is 15.9 Å². The third-order valence-corrected chi connectivity index (χ3v) is 3.28. The average Bonchev–Trinajstić information content (AvgIpc) is 2.18. The van der Waals surface area contributed by atoms with E-state index in [9.17, 15) is 12.8 Å². The van der Waals surface area contributed by atoms with Gasteiger partial charge in [-0.2, -0.15) is 4.31 Å². The van der Waals surface area contributed by atoms with Crippen LogP contribution in [0.25, 0.3) is 0 Å². The molecule has 1 aromatic rings. The van der Waals surface area contributed by atoms with Gasteiger partial charge in [0.25, 0.3) is 0 Å². The van der Waals surface area contributed by atoms with Crippen LogP contribution in [-0.2, 0) is 16.6 Å². The Morgan fingerprint density at radius 2 is 1.94 bits per heavy atom. The molecule has 7 heteroatoms. The second-order valence-electron chi connectivity index (χ2n) is 3.68. The van der Waals surface area contributed by atoms with Crippen LogP contribution in [0.4, 0.5) is 4.39 Å². The minimum absolute atomic E-state index is 0.0681. The lowest BCUT2D eigenvalue weighted by Crippen LogP contribution is -2.36. The lowest BCUT2D eigenvalue weighted by atomic mass is 10.2. The summed E-state index contributed by atoms with van der Waals surface area (Å²) in [7, 11) is -3.45. The van der Waals surface area contributed by atoms with Gasteiger partial charge in [-0.25, -0.2) is 12.8 Å². The van der Waals surface area contributed by atoms with Crippen molar-refractivity contribution in [2.24, 2.45) is 5.73 Å². The van der Waals surface area contributed by atoms with E-state index < -0.39 is 10.0 Å². The fourth-order valence-corrected chi connectivity index (χ4v) is 2.03. The molecule has 0 saturated heterocycles. The number of nitrogens with one attached hydrogen (secondary N) is 1. The van der Waals surface area contributed by atoms with E-state index in [2.05, 4.69) is 0 Å². The minimum Gasteiger partial charge on any atom is -0.387 e. The van der Waals surface area contributed by atoms with Crippen molar-refractivity contribution in [1.29, 1.82) is 5.41 Å². The van der Waals surface area contributed by atoms with E-state index in [0.29, 0.717) is 5.56 Å². The Labute approximate surface area is 99.6 Å². The van der Waals surface area contributed by atoms with Crippen LogP contribution in [0, 0.1) is 11.2 Å². The van der Waals surface area contributed by atoms with E-state index in [0.717, 1.165) is 10.6 Å². The highest BCUT2D eigenvalue weighted by atomic mass is 32.2. The number of halogens is 1. The molecule has 0 heterocycles. The quantitative estimate of drug-likeness (QED) is 0.597. The summed E-state index contributed by atoms with van der Waals surface area (Å²) in [5.74, 6) is -0.622. The van der Waals surface area contributed by atoms with Crippen LogP contribution in [0.2, 0.25) is 0 Å². The first-order chi connectivity index (χ1) is 7.79. The molecule has 0 fully saturated rings. The highest BCUT2D eigenvalue weighted by Crippen LogP contribution is 2.09. The van der Waals surface area contributed by atoms with Gasteiger partial charge in [0.15, 0.2) is 0 Å². The van der Waals surface area contributed by atoms with E-state index in [-0.39, 0.29) is 24.7 Å². The van der Waals surface area contributed by atoms with Crippen molar-refractivity contribution in [3.05, 3.63) is 35.6 Å². The largest absolute Gasteiger partial charge is 0.387 e. The lowest BCUT2D eigenvalue weighted by molar-refractivity contribution is 0.449. The molecule has 0 radical (unpaired) electrons. The van der Waals surface area contributed by atoms with E-state index in [1.165, 1.54) is 24.3 Å². The SMILES string of the molecule is CS(=O)(=O)N(CC(=N)N)Cc1ccc(F)cc1. The third-order valence-electron chi connectivity index (χ3n) is 2.09. The van der Waals surface area contributed by atoms with Gasteiger partial charge in [-0.3, -0.25) is 5.41 Å². The number of hydrogen-bond donors (Lipinski definition) is 2. The molecule has 3 N–H and O–H groups in total. The molecule has 0 bridgehead atoms. The summed E-state index contributed by atoms with van der Waals surface area (Å²) in [4.78, 5) is 0. The molecule has 0 saturated carbocycles. The molecule has 1 rings (SSSR count). The van der Waals surface area contributed by atoms with Gasteiger partial charge in [-0.15, -0.1) is 0 Å². The Morgan fingerprint density at radius 1 is 1.41 bits per heavy atom. The number of sulfonamides is 1. The Hall–Kier alpha value is -1.47. The van der Waals surface area contributed by atoms with E-state index in [1.807, 2.05) is 0 Å². The van der Waals surface area contributed by atoms with Crippen molar-refractivity contribution in [2.45, 2.75) is 6.54 Å². The first kappa shape index (κ1) is 13.6. The van der Waals surface area contributed by atoms with Gasteiger partial charge < -0.3 is 5.73 Å². The molecular weight excluding hydrogens is 245 g/mol. The summed E-state index contributed by atoms with van der Waals surface area (Å²) in [6, 6.07) is 5.49. The Bertz CT molecular complexity index is 499. The number of benzene rings is 1. The Kier molecular flexibility index (Phi) is 4.19. The molecule has 0 aromatic heterocycles. The van der Waals surface area contributed by atoms with Gasteiger partial charge >= 0.3 is 0 Å². The highest BCUT2D eigenvalue weighted by molar-refractivity contribution is 7.88. The minimum atomic E-state index is -3.45. The summed E-state index contributed by atoms with van der Waals surface area (Å²) < 4.78 is 36.6. The monoisotopic (exact) mass is 259 g/mol. The normalized spacial score (nSPS) is 11.7. The van der Waals surface area contributed by atoms with E-state index in [1.54, 1.807) is 0 Å². The first-order valence-electron chi connectivity index (χ1n) is 4.81. The summed E-state index contributed by atoms with van der Waals surface area (Å²) in [5, 5.41) is 7.12. The van der Waals surface area contributed by atoms with Crippen molar-refractivity contribution < 1.29 is 12.8 Å². The number of amidine groups is 1. The second-order valence-corrected chi connectivity index (χ2v) is 5.67. The summed E-state index contributed by atoms with van der Waals surface area (Å²) in [6.07, 6.45) is 1.04. The zero-order valence-electron chi connectivity index (χ0n) is 9.35. The fraction of sp³-hybridized carbons (Fsp3) is 0.300. The zero-order chi connectivity index (χ0) is 13.1. The van der Waals surface area contributed by atoms with Gasteiger partial charge in [0.05, 0.1) is 12.8 Å². The van der Waals surface area contributed by atoms with Crippen LogP contribution in [0.1, 0.15) is 5.56 Å². The van der Waals surface area contributed by atoms with Crippen LogP contribution >= 0.6 is 0 Å². The molecule has 1 aromatic carbocycles. The average molecular weight is 259 g/mol. The Balaban J connectivity index is 2.87. The van der Waals surface area contributed by atoms with Gasteiger partial charge in [-0.1, -0.05) is 12.1 Å². The standard InChI is InChI=1S/C10H14FN3O2S/c1-17(15,16)14(7-10(12)13)6-8-2-4-9(11)5-3-8/h2-5H,6-7H2,1H3,(H3,12,13). The molecule has 17 heavy (non-hydrogen) atoms. The molecule has 0 aliphatic heterocycles. The fourth-order valence-electron chi connectivity index (χ4n) is 1.27. The maximum Gasteiger partial charge on any atom is 0.211 e. The summed E-state index contributed by atoms with van der Waals surface area (Å²) in [5.41, 5.74) is 5.82. The van der Waals surface area contributed by atoms with Crippen LogP contribution in [0.3, 0.4) is 0 Å². The third kappa shape index (κ3) is 4.49. The molecule has 94 valence electrons. The molecule has 0 aliphatic rings. The molecule has 0 spiro atoms. The number of hydrogen-bond acceptors (Lipinski definition) is 3. The van der Waals surface area contributed by atoms with Crippen LogP contribution in [0.15, 0.2) is 24.3 Å². The van der Waals surface area contributed by atoms with Gasteiger partial charge in [0.1, 0.15) is 11.7 Å². The number of nitrogens with zero attached hydrogens (tertiary/aromatic N) is 1. The lowest BCUT2D eigenvalue weighted by Gasteiger charge is -2.19. The van der Waals surface area contributed by atoms with Crippen LogP contribution in [0.5, 0.6) is 0 Å². The molecule has 5 nitrogen and oxygen atoms in total. The van der Waals surface area contributed by atoms with Crippen molar-refractivity contribution in [2.75, 3.05) is 12.8 Å². The maximum absolute atomic E-state index is 12.7. The van der Waals surface area contributed by atoms with Gasteiger partial charge in [0.2, 0.25) is 10.0 Å². The molecular formula is C10H14FN3O2S. The molecule has 0 amide bonds. The topological polar surface area (TPSA) is 87.2 Å². The van der Waals surface area contributed by atoms with Crippen molar-refractivity contribution in [3.63, 3.8) is 0 Å². The first-order valence-corrected chi connectivity index (χ1v) is 6.66. The van der Waals surface area contributed by atoms with Gasteiger partial charge in [0, 0.05) is 6.54 Å². The predicted molar refractivity (Wildman–Crippen MR) is 63.6 cm³/mol. The number of nitrogens with two attached hydrogens (primary N) is 1. The van der Waals surface area contributed by atoms with Crippen LogP contribution < -0.4 is 5.73 Å². The van der Waals surface area contributed by atoms with E-state index >= 15 is 0 Å². The molecule has 0 aliphatic carbocycles. The van der Waals surface area contributed by atoms with Crippen molar-refractivity contribution in [3.8, 4) is 0 Å². The predicted octanol–water partition coefficient (Wildman–Crippen LogP) is 0.523.